The third kappa shape index (κ3) is 6.76. The number of nitrogens with zero attached hydrogens (tertiary/aromatic N) is 2. The number of hydrogen-bond acceptors (Lipinski definition) is 5. The first-order chi connectivity index (χ1) is 17.5. The molecule has 2 heterocycles. The largest absolute Gasteiger partial charge is 0.508 e. The summed E-state index contributed by atoms with van der Waals surface area (Å²) in [5.41, 5.74) is 3.77. The standard InChI is InChI=1S/C29H35N3O4/c1-3-35-29(34)36-25-16-18-31(19-17-25)22(2)26-14-15-27(30-26)28(33)32(20-23-10-6-4-7-11-23)21-24-12-8-5-9-13-24/h4-15,22,25,30H,3,16-21H2,1-2H3. The maximum absolute atomic E-state index is 13.6. The highest BCUT2D eigenvalue weighted by atomic mass is 16.7. The number of benzene rings is 2. The molecule has 4 rings (SSSR count). The summed E-state index contributed by atoms with van der Waals surface area (Å²) in [6.45, 7) is 6.90. The fourth-order valence-electron chi connectivity index (χ4n) is 4.62. The molecule has 1 aliphatic rings. The van der Waals surface area contributed by atoms with Crippen LogP contribution in [0.3, 0.4) is 0 Å². The Hall–Kier alpha value is -3.58. The number of aromatic amines is 1. The minimum absolute atomic E-state index is 0.0253. The summed E-state index contributed by atoms with van der Waals surface area (Å²) in [4.78, 5) is 32.8. The zero-order valence-electron chi connectivity index (χ0n) is 21.1. The topological polar surface area (TPSA) is 74.9 Å². The first-order valence-corrected chi connectivity index (χ1v) is 12.7. The van der Waals surface area contributed by atoms with Crippen LogP contribution >= 0.6 is 0 Å². The van der Waals surface area contributed by atoms with Gasteiger partial charge in [0.15, 0.2) is 0 Å². The second-order valence-corrected chi connectivity index (χ2v) is 9.17. The molecule has 1 fully saturated rings. The van der Waals surface area contributed by atoms with Crippen molar-refractivity contribution in [3.8, 4) is 0 Å². The Kier molecular flexibility index (Phi) is 8.79. The lowest BCUT2D eigenvalue weighted by Gasteiger charge is -2.35. The third-order valence-electron chi connectivity index (χ3n) is 6.66. The van der Waals surface area contributed by atoms with Crippen LogP contribution in [0.5, 0.6) is 0 Å². The molecule has 1 saturated heterocycles. The zero-order chi connectivity index (χ0) is 25.3. The van der Waals surface area contributed by atoms with Gasteiger partial charge in [-0.3, -0.25) is 9.69 Å². The Bertz CT molecular complexity index is 1070. The summed E-state index contributed by atoms with van der Waals surface area (Å²) in [6.07, 6.45) is 0.819. The number of aromatic nitrogens is 1. The number of carbonyl (C=O) groups excluding carboxylic acids is 2. The van der Waals surface area contributed by atoms with Crippen LogP contribution in [-0.4, -0.2) is 52.6 Å². The van der Waals surface area contributed by atoms with Gasteiger partial charge in [0.05, 0.1) is 6.61 Å². The summed E-state index contributed by atoms with van der Waals surface area (Å²) in [7, 11) is 0. The van der Waals surface area contributed by atoms with Crippen LogP contribution < -0.4 is 0 Å². The monoisotopic (exact) mass is 489 g/mol. The molecule has 3 aromatic rings. The summed E-state index contributed by atoms with van der Waals surface area (Å²) in [6, 6.07) is 24.1. The van der Waals surface area contributed by atoms with Crippen molar-refractivity contribution in [1.82, 2.24) is 14.8 Å². The van der Waals surface area contributed by atoms with Crippen LogP contribution in [0.2, 0.25) is 0 Å². The molecule has 0 bridgehead atoms. The predicted octanol–water partition coefficient (Wildman–Crippen LogP) is 5.56. The number of ether oxygens (including phenoxy) is 2. The number of nitrogens with one attached hydrogen (secondary N) is 1. The van der Waals surface area contributed by atoms with Crippen molar-refractivity contribution in [2.24, 2.45) is 0 Å². The number of rotatable bonds is 9. The summed E-state index contributed by atoms with van der Waals surface area (Å²) in [5.74, 6) is -0.0253. The van der Waals surface area contributed by atoms with Crippen LogP contribution in [0.4, 0.5) is 4.79 Å². The SMILES string of the molecule is CCOC(=O)OC1CCN(C(C)c2ccc(C(=O)N(Cc3ccccc3)Cc3ccccc3)[nH]2)CC1. The molecular weight excluding hydrogens is 454 g/mol. The number of piperidine rings is 1. The lowest BCUT2D eigenvalue weighted by atomic mass is 10.0. The molecule has 0 saturated carbocycles. The highest BCUT2D eigenvalue weighted by Gasteiger charge is 2.27. The van der Waals surface area contributed by atoms with Gasteiger partial charge in [-0.2, -0.15) is 0 Å². The molecular formula is C29H35N3O4. The molecule has 1 aromatic heterocycles. The van der Waals surface area contributed by atoms with Crippen LogP contribution in [-0.2, 0) is 22.6 Å². The maximum Gasteiger partial charge on any atom is 0.508 e. The molecule has 2 aromatic carbocycles. The average Bonchev–Trinajstić information content (AvgIpc) is 3.40. The lowest BCUT2D eigenvalue weighted by molar-refractivity contribution is -0.00337. The van der Waals surface area contributed by atoms with E-state index in [1.165, 1.54) is 0 Å². The van der Waals surface area contributed by atoms with E-state index in [1.54, 1.807) is 6.92 Å². The van der Waals surface area contributed by atoms with Gasteiger partial charge < -0.3 is 19.4 Å². The number of hydrogen-bond donors (Lipinski definition) is 1. The van der Waals surface area contributed by atoms with Crippen LogP contribution in [0, 0.1) is 0 Å². The number of amides is 1. The Labute approximate surface area is 213 Å². The van der Waals surface area contributed by atoms with Gasteiger partial charge in [-0.05, 0) is 49.9 Å². The van der Waals surface area contributed by atoms with Gasteiger partial charge in [0.25, 0.3) is 5.91 Å². The molecule has 36 heavy (non-hydrogen) atoms. The minimum Gasteiger partial charge on any atom is -0.435 e. The molecule has 0 spiro atoms. The Morgan fingerprint density at radius 3 is 2.08 bits per heavy atom. The summed E-state index contributed by atoms with van der Waals surface area (Å²) in [5, 5.41) is 0. The van der Waals surface area contributed by atoms with Gasteiger partial charge in [0.1, 0.15) is 11.8 Å². The zero-order valence-corrected chi connectivity index (χ0v) is 21.1. The van der Waals surface area contributed by atoms with E-state index in [2.05, 4.69) is 16.8 Å². The Morgan fingerprint density at radius 2 is 1.53 bits per heavy atom. The normalized spacial score (nSPS) is 15.3. The van der Waals surface area contributed by atoms with Gasteiger partial charge in [0, 0.05) is 37.9 Å². The van der Waals surface area contributed by atoms with E-state index in [4.69, 9.17) is 9.47 Å². The summed E-state index contributed by atoms with van der Waals surface area (Å²) < 4.78 is 10.3. The van der Waals surface area contributed by atoms with Crippen molar-refractivity contribution in [2.75, 3.05) is 19.7 Å². The van der Waals surface area contributed by atoms with E-state index >= 15 is 0 Å². The molecule has 1 N–H and O–H groups in total. The quantitative estimate of drug-likeness (QED) is 0.399. The van der Waals surface area contributed by atoms with E-state index in [-0.39, 0.29) is 18.1 Å². The Morgan fingerprint density at radius 1 is 0.944 bits per heavy atom. The van der Waals surface area contributed by atoms with Crippen LogP contribution in [0.25, 0.3) is 0 Å². The maximum atomic E-state index is 13.6. The predicted molar refractivity (Wildman–Crippen MR) is 138 cm³/mol. The third-order valence-corrected chi connectivity index (χ3v) is 6.66. The van der Waals surface area contributed by atoms with Crippen molar-refractivity contribution in [2.45, 2.75) is 51.9 Å². The Balaban J connectivity index is 1.41. The number of likely N-dealkylation sites (tertiary alicyclic amines) is 1. The highest BCUT2D eigenvalue weighted by molar-refractivity contribution is 5.92. The first-order valence-electron chi connectivity index (χ1n) is 12.7. The molecule has 0 aliphatic carbocycles. The lowest BCUT2D eigenvalue weighted by Crippen LogP contribution is -2.39. The van der Waals surface area contributed by atoms with Crippen LogP contribution in [0.1, 0.15) is 60.0 Å². The molecule has 190 valence electrons. The van der Waals surface area contributed by atoms with Crippen molar-refractivity contribution in [3.63, 3.8) is 0 Å². The minimum atomic E-state index is -0.591. The van der Waals surface area contributed by atoms with Crippen molar-refractivity contribution in [3.05, 3.63) is 95.3 Å². The van der Waals surface area contributed by atoms with Gasteiger partial charge in [-0.15, -0.1) is 0 Å². The fourth-order valence-corrected chi connectivity index (χ4v) is 4.62. The van der Waals surface area contributed by atoms with E-state index < -0.39 is 6.16 Å². The molecule has 7 nitrogen and oxygen atoms in total. The highest BCUT2D eigenvalue weighted by Crippen LogP contribution is 2.26. The van der Waals surface area contributed by atoms with Crippen molar-refractivity contribution < 1.29 is 19.1 Å². The van der Waals surface area contributed by atoms with Crippen molar-refractivity contribution in [1.29, 1.82) is 0 Å². The van der Waals surface area contributed by atoms with E-state index in [0.717, 1.165) is 42.8 Å². The van der Waals surface area contributed by atoms with E-state index in [0.29, 0.717) is 25.4 Å². The second-order valence-electron chi connectivity index (χ2n) is 9.17. The number of carbonyl (C=O) groups is 2. The van der Waals surface area contributed by atoms with E-state index in [1.807, 2.05) is 77.7 Å². The van der Waals surface area contributed by atoms with Crippen LogP contribution in [0.15, 0.2) is 72.8 Å². The van der Waals surface area contributed by atoms with Gasteiger partial charge in [-0.1, -0.05) is 60.7 Å². The van der Waals surface area contributed by atoms with E-state index in [9.17, 15) is 9.59 Å². The molecule has 7 heteroatoms. The van der Waals surface area contributed by atoms with Gasteiger partial charge in [0.2, 0.25) is 0 Å². The molecule has 1 amide bonds. The van der Waals surface area contributed by atoms with Gasteiger partial charge in [-0.25, -0.2) is 4.79 Å². The summed E-state index contributed by atoms with van der Waals surface area (Å²) >= 11 is 0. The fraction of sp³-hybridized carbons (Fsp3) is 0.379. The number of H-pyrrole nitrogens is 1. The second kappa shape index (κ2) is 12.4. The average molecular weight is 490 g/mol. The van der Waals surface area contributed by atoms with Crippen molar-refractivity contribution >= 4 is 12.1 Å². The smallest absolute Gasteiger partial charge is 0.435 e. The molecule has 0 radical (unpaired) electrons. The first kappa shape index (κ1) is 25.5. The molecule has 1 aliphatic heterocycles. The molecule has 1 atom stereocenters. The van der Waals surface area contributed by atoms with Gasteiger partial charge >= 0.3 is 6.16 Å². The molecule has 1 unspecified atom stereocenters.